The van der Waals surface area contributed by atoms with Crippen LogP contribution in [-0.4, -0.2) is 39.6 Å². The van der Waals surface area contributed by atoms with Gasteiger partial charge in [0.15, 0.2) is 0 Å². The molecule has 20 heavy (non-hydrogen) atoms. The number of nitrogens with zero attached hydrogens (tertiary/aromatic N) is 3. The van der Waals surface area contributed by atoms with E-state index in [1.807, 2.05) is 11.6 Å². The van der Waals surface area contributed by atoms with Crippen LogP contribution in [0.4, 0.5) is 0 Å². The first kappa shape index (κ1) is 17.1. The number of nitrogens with one attached hydrogen (secondary N) is 1. The minimum Gasteiger partial charge on any atom is -0.374 e. The Bertz CT molecular complexity index is 376. The Morgan fingerprint density at radius 3 is 2.65 bits per heavy atom. The van der Waals surface area contributed by atoms with E-state index in [9.17, 15) is 0 Å². The van der Waals surface area contributed by atoms with Crippen molar-refractivity contribution >= 4 is 0 Å². The van der Waals surface area contributed by atoms with Gasteiger partial charge in [-0.2, -0.15) is 5.10 Å². The Morgan fingerprint density at radius 2 is 2.05 bits per heavy atom. The predicted octanol–water partition coefficient (Wildman–Crippen LogP) is 2.41. The molecular weight excluding hydrogens is 252 g/mol. The maximum atomic E-state index is 5.92. The van der Waals surface area contributed by atoms with Crippen molar-refractivity contribution in [2.75, 3.05) is 13.2 Å². The van der Waals surface area contributed by atoms with Crippen molar-refractivity contribution in [1.82, 2.24) is 20.1 Å². The third-order valence-electron chi connectivity index (χ3n) is 3.51. The molecule has 0 saturated heterocycles. The van der Waals surface area contributed by atoms with Crippen LogP contribution in [0.5, 0.6) is 0 Å². The van der Waals surface area contributed by atoms with E-state index in [2.05, 4.69) is 43.1 Å². The molecule has 1 unspecified atom stereocenters. The molecule has 0 spiro atoms. The Kier molecular flexibility index (Phi) is 7.16. The van der Waals surface area contributed by atoms with Gasteiger partial charge in [0, 0.05) is 25.6 Å². The average molecular weight is 282 g/mol. The highest BCUT2D eigenvalue weighted by Crippen LogP contribution is 2.18. The smallest absolute Gasteiger partial charge is 0.138 e. The maximum Gasteiger partial charge on any atom is 0.138 e. The fraction of sp³-hybridized carbons (Fsp3) is 0.867. The molecule has 0 saturated carbocycles. The molecule has 0 aliphatic rings. The van der Waals surface area contributed by atoms with Crippen molar-refractivity contribution in [2.24, 2.45) is 0 Å². The van der Waals surface area contributed by atoms with E-state index in [0.29, 0.717) is 0 Å². The molecule has 1 N–H and O–H groups in total. The van der Waals surface area contributed by atoms with E-state index >= 15 is 0 Å². The van der Waals surface area contributed by atoms with Gasteiger partial charge in [0.2, 0.25) is 0 Å². The molecule has 1 aromatic rings. The van der Waals surface area contributed by atoms with Gasteiger partial charge in [-0.25, -0.2) is 4.98 Å². The molecule has 1 rings (SSSR count). The summed E-state index contributed by atoms with van der Waals surface area (Å²) in [5.74, 6) is 1.04. The molecule has 5 heteroatoms. The number of aryl methyl sites for hydroxylation is 1. The molecular formula is C15H30N4O. The molecule has 0 fully saturated rings. The Balaban J connectivity index is 2.80. The van der Waals surface area contributed by atoms with Crippen molar-refractivity contribution in [3.05, 3.63) is 12.2 Å². The quantitative estimate of drug-likeness (QED) is 0.716. The number of aromatic nitrogens is 3. The van der Waals surface area contributed by atoms with Crippen molar-refractivity contribution in [2.45, 2.75) is 72.1 Å². The first-order chi connectivity index (χ1) is 9.55. The average Bonchev–Trinajstić information content (AvgIpc) is 2.82. The molecule has 0 aliphatic heterocycles. The number of hydrogen-bond donors (Lipinski definition) is 1. The second-order valence-corrected chi connectivity index (χ2v) is 5.65. The van der Waals surface area contributed by atoms with Gasteiger partial charge >= 0.3 is 0 Å². The molecule has 116 valence electrons. The van der Waals surface area contributed by atoms with Crippen LogP contribution in [0.3, 0.4) is 0 Å². The molecule has 1 aromatic heterocycles. The first-order valence-corrected chi connectivity index (χ1v) is 7.79. The van der Waals surface area contributed by atoms with Gasteiger partial charge in [0.25, 0.3) is 0 Å². The highest BCUT2D eigenvalue weighted by atomic mass is 16.5. The van der Waals surface area contributed by atoms with E-state index in [0.717, 1.165) is 44.8 Å². The molecule has 5 nitrogen and oxygen atoms in total. The van der Waals surface area contributed by atoms with E-state index in [-0.39, 0.29) is 11.6 Å². The summed E-state index contributed by atoms with van der Waals surface area (Å²) >= 11 is 0. The van der Waals surface area contributed by atoms with Crippen LogP contribution >= 0.6 is 0 Å². The molecule has 0 aliphatic carbocycles. The van der Waals surface area contributed by atoms with Crippen LogP contribution in [0.15, 0.2) is 6.33 Å². The van der Waals surface area contributed by atoms with Crippen molar-refractivity contribution in [3.8, 4) is 0 Å². The summed E-state index contributed by atoms with van der Waals surface area (Å²) in [4.78, 5) is 4.41. The topological polar surface area (TPSA) is 52.0 Å². The van der Waals surface area contributed by atoms with Gasteiger partial charge in [0.1, 0.15) is 12.2 Å². The summed E-state index contributed by atoms with van der Waals surface area (Å²) in [5, 5.41) is 7.90. The molecule has 1 atom stereocenters. The summed E-state index contributed by atoms with van der Waals surface area (Å²) in [6.07, 6.45) is 4.67. The fourth-order valence-electron chi connectivity index (χ4n) is 2.38. The minimum atomic E-state index is -0.215. The van der Waals surface area contributed by atoms with Crippen molar-refractivity contribution in [1.29, 1.82) is 0 Å². The standard InChI is InChI=1S/C15H30N4O/c1-6-9-16-13(15(4,5)20-8-3)11-14-17-12-18-19(14)10-7-2/h12-13,16H,6-11H2,1-5H3. The van der Waals surface area contributed by atoms with E-state index < -0.39 is 0 Å². The van der Waals surface area contributed by atoms with Gasteiger partial charge < -0.3 is 10.1 Å². The fourth-order valence-corrected chi connectivity index (χ4v) is 2.38. The first-order valence-electron chi connectivity index (χ1n) is 7.79. The van der Waals surface area contributed by atoms with Crippen LogP contribution in [-0.2, 0) is 17.7 Å². The summed E-state index contributed by atoms with van der Waals surface area (Å²) in [6.45, 7) is 13.3. The van der Waals surface area contributed by atoms with Crippen LogP contribution in [0.25, 0.3) is 0 Å². The van der Waals surface area contributed by atoms with E-state index in [4.69, 9.17) is 4.74 Å². The monoisotopic (exact) mass is 282 g/mol. The Morgan fingerprint density at radius 1 is 1.30 bits per heavy atom. The van der Waals surface area contributed by atoms with Gasteiger partial charge in [-0.3, -0.25) is 4.68 Å². The molecule has 0 amide bonds. The second kappa shape index (κ2) is 8.37. The van der Waals surface area contributed by atoms with Crippen LogP contribution in [0.1, 0.15) is 53.3 Å². The van der Waals surface area contributed by atoms with Crippen molar-refractivity contribution in [3.63, 3.8) is 0 Å². The van der Waals surface area contributed by atoms with E-state index in [1.54, 1.807) is 6.33 Å². The summed E-state index contributed by atoms with van der Waals surface area (Å²) in [7, 11) is 0. The predicted molar refractivity (Wildman–Crippen MR) is 81.8 cm³/mol. The van der Waals surface area contributed by atoms with Crippen molar-refractivity contribution < 1.29 is 4.74 Å². The SMILES string of the molecule is CCCNC(Cc1ncnn1CCC)C(C)(C)OCC. The lowest BCUT2D eigenvalue weighted by molar-refractivity contribution is -0.0386. The zero-order valence-corrected chi connectivity index (χ0v) is 13.6. The van der Waals surface area contributed by atoms with Gasteiger partial charge in [0.05, 0.1) is 5.60 Å². The lowest BCUT2D eigenvalue weighted by Crippen LogP contribution is -2.50. The zero-order chi connectivity index (χ0) is 15.0. The summed E-state index contributed by atoms with van der Waals surface area (Å²) in [6, 6.07) is 0.238. The second-order valence-electron chi connectivity index (χ2n) is 5.65. The van der Waals surface area contributed by atoms with Gasteiger partial charge in [-0.1, -0.05) is 13.8 Å². The zero-order valence-electron chi connectivity index (χ0n) is 13.6. The Hall–Kier alpha value is -0.940. The van der Waals surface area contributed by atoms with Crippen LogP contribution in [0, 0.1) is 0 Å². The van der Waals surface area contributed by atoms with Crippen LogP contribution < -0.4 is 5.32 Å². The van der Waals surface area contributed by atoms with Gasteiger partial charge in [-0.15, -0.1) is 0 Å². The maximum absolute atomic E-state index is 5.92. The molecule has 0 aromatic carbocycles. The lowest BCUT2D eigenvalue weighted by atomic mass is 9.94. The van der Waals surface area contributed by atoms with Crippen LogP contribution in [0.2, 0.25) is 0 Å². The summed E-state index contributed by atoms with van der Waals surface area (Å²) in [5.41, 5.74) is -0.215. The lowest BCUT2D eigenvalue weighted by Gasteiger charge is -2.34. The number of hydrogen-bond acceptors (Lipinski definition) is 4. The molecule has 1 heterocycles. The number of ether oxygens (including phenoxy) is 1. The number of rotatable bonds is 10. The third kappa shape index (κ3) is 4.87. The largest absolute Gasteiger partial charge is 0.374 e. The van der Waals surface area contributed by atoms with E-state index in [1.165, 1.54) is 0 Å². The highest BCUT2D eigenvalue weighted by Gasteiger charge is 2.30. The van der Waals surface area contributed by atoms with Gasteiger partial charge in [-0.05, 0) is 40.2 Å². The third-order valence-corrected chi connectivity index (χ3v) is 3.51. The molecule has 0 radical (unpaired) electrons. The molecule has 0 bridgehead atoms. The summed E-state index contributed by atoms with van der Waals surface area (Å²) < 4.78 is 7.92. The highest BCUT2D eigenvalue weighted by molar-refractivity contribution is 4.96. The Labute approximate surface area is 123 Å². The normalized spacial score (nSPS) is 13.7. The minimum absolute atomic E-state index is 0.215.